The summed E-state index contributed by atoms with van der Waals surface area (Å²) in [6.45, 7) is 5.53. The van der Waals surface area contributed by atoms with Gasteiger partial charge in [-0.3, -0.25) is 9.78 Å². The molecular weight excluding hydrogens is 332 g/mol. The molecule has 0 bridgehead atoms. The van der Waals surface area contributed by atoms with Crippen molar-refractivity contribution in [1.82, 2.24) is 4.98 Å². The maximum Gasteiger partial charge on any atom is 0.336 e. The van der Waals surface area contributed by atoms with Crippen LogP contribution in [-0.2, 0) is 11.2 Å². The second-order valence-electron chi connectivity index (χ2n) is 6.10. The van der Waals surface area contributed by atoms with E-state index in [4.69, 9.17) is 9.15 Å². The molecule has 2 aromatic heterocycles. The van der Waals surface area contributed by atoms with E-state index in [9.17, 15) is 9.59 Å². The van der Waals surface area contributed by atoms with E-state index in [1.54, 1.807) is 31.5 Å². The average molecular weight is 352 g/mol. The van der Waals surface area contributed by atoms with Gasteiger partial charge >= 0.3 is 5.63 Å². The lowest BCUT2D eigenvalue weighted by Crippen LogP contribution is -2.30. The van der Waals surface area contributed by atoms with Gasteiger partial charge in [0.25, 0.3) is 5.91 Å². The van der Waals surface area contributed by atoms with Crippen molar-refractivity contribution < 1.29 is 13.9 Å². The van der Waals surface area contributed by atoms with Gasteiger partial charge in [-0.25, -0.2) is 4.79 Å². The van der Waals surface area contributed by atoms with Gasteiger partial charge in [0.2, 0.25) is 0 Å². The summed E-state index contributed by atoms with van der Waals surface area (Å²) in [6.07, 6.45) is 3.29. The van der Waals surface area contributed by atoms with Crippen molar-refractivity contribution in [2.75, 3.05) is 5.32 Å². The summed E-state index contributed by atoms with van der Waals surface area (Å²) >= 11 is 0. The molecule has 0 aliphatic rings. The smallest absolute Gasteiger partial charge is 0.336 e. The lowest BCUT2D eigenvalue weighted by atomic mass is 10.1. The van der Waals surface area contributed by atoms with Crippen molar-refractivity contribution in [3.05, 3.63) is 64.3 Å². The van der Waals surface area contributed by atoms with Crippen molar-refractivity contribution in [2.24, 2.45) is 0 Å². The lowest BCUT2D eigenvalue weighted by molar-refractivity contribution is -0.122. The molecule has 1 unspecified atom stereocenters. The molecule has 1 amide bonds. The first-order chi connectivity index (χ1) is 12.5. The fraction of sp³-hybridized carbons (Fsp3) is 0.250. The van der Waals surface area contributed by atoms with Crippen LogP contribution in [0.25, 0.3) is 11.0 Å². The molecule has 6 nitrogen and oxygen atoms in total. The topological polar surface area (TPSA) is 81.4 Å². The summed E-state index contributed by atoms with van der Waals surface area (Å²) in [5.74, 6) is 0.167. The number of hydrogen-bond donors (Lipinski definition) is 1. The van der Waals surface area contributed by atoms with Crippen LogP contribution in [0.3, 0.4) is 0 Å². The summed E-state index contributed by atoms with van der Waals surface area (Å²) in [5.41, 5.74) is 2.53. The van der Waals surface area contributed by atoms with Crippen LogP contribution < -0.4 is 15.7 Å². The predicted octanol–water partition coefficient (Wildman–Crippen LogP) is 3.46. The van der Waals surface area contributed by atoms with Crippen LogP contribution in [0.4, 0.5) is 5.69 Å². The lowest BCUT2D eigenvalue weighted by Gasteiger charge is -2.15. The van der Waals surface area contributed by atoms with Gasteiger partial charge < -0.3 is 14.5 Å². The van der Waals surface area contributed by atoms with Crippen LogP contribution in [0.5, 0.6) is 5.75 Å². The highest BCUT2D eigenvalue weighted by Gasteiger charge is 2.16. The van der Waals surface area contributed by atoms with E-state index in [1.807, 2.05) is 26.0 Å². The summed E-state index contributed by atoms with van der Waals surface area (Å²) in [6, 6.07) is 8.55. The second-order valence-corrected chi connectivity index (χ2v) is 6.10. The number of carbonyl (C=O) groups is 1. The standard InChI is InChI=1S/C20H20N2O4/c1-4-14-8-19(23)26-18-9-16(5-6-17(14)18)25-13(3)20(24)22-15-7-12(2)10-21-11-15/h5-11,13H,4H2,1-3H3,(H,22,24). The zero-order valence-corrected chi connectivity index (χ0v) is 14.9. The van der Waals surface area contributed by atoms with Crippen molar-refractivity contribution in [2.45, 2.75) is 33.3 Å². The number of amides is 1. The van der Waals surface area contributed by atoms with Crippen molar-refractivity contribution >= 4 is 22.6 Å². The molecule has 1 aromatic carbocycles. The van der Waals surface area contributed by atoms with E-state index in [0.29, 0.717) is 17.0 Å². The number of hydrogen-bond acceptors (Lipinski definition) is 5. The summed E-state index contributed by atoms with van der Waals surface area (Å²) in [4.78, 5) is 28.0. The fourth-order valence-electron chi connectivity index (χ4n) is 2.70. The van der Waals surface area contributed by atoms with Gasteiger partial charge in [-0.1, -0.05) is 6.92 Å². The van der Waals surface area contributed by atoms with Gasteiger partial charge in [0, 0.05) is 23.7 Å². The minimum Gasteiger partial charge on any atom is -0.481 e. The fourth-order valence-corrected chi connectivity index (χ4v) is 2.70. The molecule has 26 heavy (non-hydrogen) atoms. The third-order valence-electron chi connectivity index (χ3n) is 4.01. The molecule has 1 N–H and O–H groups in total. The molecule has 0 fully saturated rings. The molecule has 0 aliphatic heterocycles. The van der Waals surface area contributed by atoms with Gasteiger partial charge in [0.05, 0.1) is 11.9 Å². The van der Waals surface area contributed by atoms with E-state index in [-0.39, 0.29) is 5.91 Å². The van der Waals surface area contributed by atoms with E-state index in [0.717, 1.165) is 22.9 Å². The van der Waals surface area contributed by atoms with Crippen LogP contribution in [0.1, 0.15) is 25.0 Å². The molecule has 0 saturated carbocycles. The molecule has 3 aromatic rings. The Labute approximate surface area is 150 Å². The number of nitrogens with one attached hydrogen (secondary N) is 1. The Kier molecular flexibility index (Phi) is 5.02. The van der Waals surface area contributed by atoms with Gasteiger partial charge in [0.15, 0.2) is 6.10 Å². The molecule has 0 aliphatic carbocycles. The monoisotopic (exact) mass is 352 g/mol. The Morgan fingerprint density at radius 1 is 1.27 bits per heavy atom. The number of anilines is 1. The molecule has 1 atom stereocenters. The highest BCUT2D eigenvalue weighted by molar-refractivity contribution is 5.94. The first kappa shape index (κ1) is 17.7. The first-order valence-corrected chi connectivity index (χ1v) is 8.42. The zero-order chi connectivity index (χ0) is 18.7. The quantitative estimate of drug-likeness (QED) is 0.711. The number of carbonyl (C=O) groups excluding carboxylic acids is 1. The van der Waals surface area contributed by atoms with Crippen molar-refractivity contribution in [3.8, 4) is 5.75 Å². The van der Waals surface area contributed by atoms with E-state index >= 15 is 0 Å². The van der Waals surface area contributed by atoms with Gasteiger partial charge in [-0.2, -0.15) is 0 Å². The normalized spacial score (nSPS) is 12.0. The van der Waals surface area contributed by atoms with Gasteiger partial charge in [0.1, 0.15) is 11.3 Å². The molecule has 0 radical (unpaired) electrons. The Morgan fingerprint density at radius 2 is 2.08 bits per heavy atom. The number of fused-ring (bicyclic) bond motifs is 1. The first-order valence-electron chi connectivity index (χ1n) is 8.42. The Hall–Kier alpha value is -3.15. The van der Waals surface area contributed by atoms with Gasteiger partial charge in [-0.15, -0.1) is 0 Å². The summed E-state index contributed by atoms with van der Waals surface area (Å²) in [7, 11) is 0. The van der Waals surface area contributed by atoms with Gasteiger partial charge in [-0.05, 0) is 49.6 Å². The summed E-state index contributed by atoms with van der Waals surface area (Å²) < 4.78 is 11.0. The Bertz CT molecular complexity index is 1010. The number of pyridine rings is 1. The zero-order valence-electron chi connectivity index (χ0n) is 14.9. The van der Waals surface area contributed by atoms with Crippen LogP contribution in [-0.4, -0.2) is 17.0 Å². The number of nitrogens with zero attached hydrogens (tertiary/aromatic N) is 1. The molecule has 2 heterocycles. The number of benzene rings is 1. The molecule has 6 heteroatoms. The molecule has 0 saturated heterocycles. The third-order valence-corrected chi connectivity index (χ3v) is 4.01. The SMILES string of the molecule is CCc1cc(=O)oc2cc(OC(C)C(=O)Nc3cncc(C)c3)ccc12. The maximum absolute atomic E-state index is 12.3. The Balaban J connectivity index is 1.77. The minimum atomic E-state index is -0.728. The number of rotatable bonds is 5. The number of aryl methyl sites for hydroxylation is 2. The van der Waals surface area contributed by atoms with E-state index in [1.165, 1.54) is 6.07 Å². The minimum absolute atomic E-state index is 0.291. The van der Waals surface area contributed by atoms with Crippen LogP contribution in [0.15, 0.2) is 51.9 Å². The van der Waals surface area contributed by atoms with Crippen LogP contribution in [0, 0.1) is 6.92 Å². The van der Waals surface area contributed by atoms with Crippen molar-refractivity contribution in [1.29, 1.82) is 0 Å². The summed E-state index contributed by atoms with van der Waals surface area (Å²) in [5, 5.41) is 3.63. The molecule has 3 rings (SSSR count). The average Bonchev–Trinajstić information content (AvgIpc) is 2.60. The molecule has 0 spiro atoms. The third kappa shape index (κ3) is 3.91. The van der Waals surface area contributed by atoms with Crippen LogP contribution >= 0.6 is 0 Å². The Morgan fingerprint density at radius 3 is 2.81 bits per heavy atom. The predicted molar refractivity (Wildman–Crippen MR) is 99.6 cm³/mol. The van der Waals surface area contributed by atoms with Crippen LogP contribution in [0.2, 0.25) is 0 Å². The van der Waals surface area contributed by atoms with Crippen molar-refractivity contribution in [3.63, 3.8) is 0 Å². The number of ether oxygens (including phenoxy) is 1. The maximum atomic E-state index is 12.3. The highest BCUT2D eigenvalue weighted by atomic mass is 16.5. The number of aromatic nitrogens is 1. The highest BCUT2D eigenvalue weighted by Crippen LogP contribution is 2.24. The largest absolute Gasteiger partial charge is 0.481 e. The second kappa shape index (κ2) is 7.39. The molecular formula is C20H20N2O4. The molecule has 134 valence electrons. The van der Waals surface area contributed by atoms with E-state index < -0.39 is 11.7 Å². The van der Waals surface area contributed by atoms with E-state index in [2.05, 4.69) is 10.3 Å².